The number of anilines is 2. The molecule has 1 unspecified atom stereocenters. The van der Waals surface area contributed by atoms with Gasteiger partial charge in [0, 0.05) is 55.8 Å². The van der Waals surface area contributed by atoms with E-state index in [2.05, 4.69) is 91.0 Å². The molecule has 3 heterocycles. The molecule has 2 aliphatic rings. The van der Waals surface area contributed by atoms with Crippen LogP contribution < -0.4 is 14.5 Å². The van der Waals surface area contributed by atoms with Crippen molar-refractivity contribution in [3.63, 3.8) is 0 Å². The molecule has 1 saturated heterocycles. The Morgan fingerprint density at radius 3 is 2.49 bits per heavy atom. The highest BCUT2D eigenvalue weighted by molar-refractivity contribution is 6.74. The van der Waals surface area contributed by atoms with Crippen molar-refractivity contribution in [3.05, 3.63) is 101 Å². The molecule has 1 fully saturated rings. The summed E-state index contributed by atoms with van der Waals surface area (Å²) in [5, 5.41) is 2.57. The fraction of sp³-hybridized carbons (Fsp3) is 0.450. The topological polar surface area (TPSA) is 84.6 Å². The van der Waals surface area contributed by atoms with Crippen molar-refractivity contribution in [1.29, 1.82) is 0 Å². The van der Waals surface area contributed by atoms with Gasteiger partial charge in [-0.1, -0.05) is 87.5 Å². The molecular weight excluding hydrogens is 657 g/mol. The summed E-state index contributed by atoms with van der Waals surface area (Å²) >= 11 is 0. The van der Waals surface area contributed by atoms with Crippen molar-refractivity contribution in [1.82, 2.24) is 14.9 Å². The van der Waals surface area contributed by atoms with Crippen molar-refractivity contribution < 1.29 is 18.7 Å². The van der Waals surface area contributed by atoms with Crippen LogP contribution in [0.5, 0.6) is 6.01 Å². The summed E-state index contributed by atoms with van der Waals surface area (Å²) in [6, 6.07) is 24.6. The number of piperazine rings is 1. The maximum atomic E-state index is 13.3. The summed E-state index contributed by atoms with van der Waals surface area (Å²) in [5.41, 5.74) is 4.15. The lowest BCUT2D eigenvalue weighted by Gasteiger charge is -2.40. The number of rotatable bonds is 11. The SMILES string of the molecule is [C-]#[N+]CC1CN(c2nc(OCCCO[Si](C)(C)C(C)(C)C)nc3c2CCN(c2cccc4ccccc24)C3)CCN1C(=O)OCc1ccccc1. The first-order chi connectivity index (χ1) is 24.5. The number of fused-ring (bicyclic) bond motifs is 2. The minimum absolute atomic E-state index is 0.147. The predicted molar refractivity (Wildman–Crippen MR) is 205 cm³/mol. The van der Waals surface area contributed by atoms with E-state index in [4.69, 9.17) is 30.4 Å². The molecule has 0 spiro atoms. The third-order valence-electron chi connectivity index (χ3n) is 10.4. The van der Waals surface area contributed by atoms with E-state index in [9.17, 15) is 4.79 Å². The van der Waals surface area contributed by atoms with Gasteiger partial charge < -0.3 is 28.5 Å². The Balaban J connectivity index is 1.22. The zero-order valence-corrected chi connectivity index (χ0v) is 31.6. The minimum atomic E-state index is -1.85. The van der Waals surface area contributed by atoms with Crippen LogP contribution in [-0.2, 0) is 28.7 Å². The van der Waals surface area contributed by atoms with Crippen LogP contribution in [0.3, 0.4) is 0 Å². The summed E-state index contributed by atoms with van der Waals surface area (Å²) in [5.74, 6) is 0.831. The molecular formula is C40H50N6O4Si. The Labute approximate surface area is 303 Å². The molecule has 3 aromatic carbocycles. The molecule has 0 N–H and O–H groups in total. The van der Waals surface area contributed by atoms with Gasteiger partial charge in [0.2, 0.25) is 6.54 Å². The van der Waals surface area contributed by atoms with Gasteiger partial charge in [0.05, 0.1) is 18.8 Å². The van der Waals surface area contributed by atoms with Crippen molar-refractivity contribution >= 4 is 36.7 Å². The maximum absolute atomic E-state index is 13.3. The Hall–Kier alpha value is -4.66. The van der Waals surface area contributed by atoms with Crippen LogP contribution in [0, 0.1) is 6.57 Å². The minimum Gasteiger partial charge on any atom is -0.463 e. The smallest absolute Gasteiger partial charge is 0.410 e. The van der Waals surface area contributed by atoms with Gasteiger partial charge in [0.1, 0.15) is 18.5 Å². The van der Waals surface area contributed by atoms with Crippen molar-refractivity contribution in [3.8, 4) is 6.01 Å². The van der Waals surface area contributed by atoms with Crippen LogP contribution in [0.25, 0.3) is 15.6 Å². The first-order valence-electron chi connectivity index (χ1n) is 18.0. The zero-order valence-electron chi connectivity index (χ0n) is 30.6. The number of ether oxygens (including phenoxy) is 2. The van der Waals surface area contributed by atoms with Crippen LogP contribution in [0.4, 0.5) is 16.3 Å². The highest BCUT2D eigenvalue weighted by Crippen LogP contribution is 2.37. The molecule has 0 bridgehead atoms. The van der Waals surface area contributed by atoms with Gasteiger partial charge in [-0.05, 0) is 41.6 Å². The third kappa shape index (κ3) is 8.46. The number of hydrogen-bond acceptors (Lipinski definition) is 8. The van der Waals surface area contributed by atoms with E-state index in [0.29, 0.717) is 45.4 Å². The monoisotopic (exact) mass is 706 g/mol. The van der Waals surface area contributed by atoms with Crippen molar-refractivity contribution in [2.45, 2.75) is 70.9 Å². The van der Waals surface area contributed by atoms with E-state index >= 15 is 0 Å². The second-order valence-electron chi connectivity index (χ2n) is 14.9. The van der Waals surface area contributed by atoms with Crippen LogP contribution in [0.1, 0.15) is 44.0 Å². The van der Waals surface area contributed by atoms with Crippen LogP contribution in [0.15, 0.2) is 72.8 Å². The van der Waals surface area contributed by atoms with Gasteiger partial charge >= 0.3 is 12.1 Å². The molecule has 0 aliphatic carbocycles. The molecule has 0 radical (unpaired) electrons. The van der Waals surface area contributed by atoms with Gasteiger partial charge in [-0.3, -0.25) is 4.90 Å². The Bertz CT molecular complexity index is 1850. The number of nitrogens with zero attached hydrogens (tertiary/aromatic N) is 6. The first-order valence-corrected chi connectivity index (χ1v) is 20.9. The van der Waals surface area contributed by atoms with Crippen LogP contribution >= 0.6 is 0 Å². The molecule has 1 amide bonds. The molecule has 1 aromatic heterocycles. The van der Waals surface area contributed by atoms with Gasteiger partial charge in [0.25, 0.3) is 0 Å². The average Bonchev–Trinajstić information content (AvgIpc) is 3.13. The summed E-state index contributed by atoms with van der Waals surface area (Å²) in [4.78, 5) is 33.3. The van der Waals surface area contributed by atoms with Gasteiger partial charge in [0.15, 0.2) is 8.32 Å². The Kier molecular flexibility index (Phi) is 11.1. The molecule has 268 valence electrons. The largest absolute Gasteiger partial charge is 0.463 e. The standard InChI is InChI=1S/C40H50N6O4Si/c1-40(2,3)51(5,6)50-25-13-24-48-38-42-35-28-44(36-19-12-17-31-16-10-11-18-33(31)36)21-20-34(35)37(43-38)45-22-23-46(32(27-45)26-41-4)39(47)49-29-30-14-8-7-9-15-30/h7-12,14-19,32H,13,20-29H2,1-3,5-6H3. The molecule has 1 atom stereocenters. The lowest BCUT2D eigenvalue weighted by atomic mass is 10.0. The lowest BCUT2D eigenvalue weighted by Crippen LogP contribution is -2.57. The number of hydrogen-bond donors (Lipinski definition) is 0. The predicted octanol–water partition coefficient (Wildman–Crippen LogP) is 7.73. The molecule has 51 heavy (non-hydrogen) atoms. The Morgan fingerprint density at radius 2 is 1.71 bits per heavy atom. The van der Waals surface area contributed by atoms with E-state index in [1.807, 2.05) is 30.3 Å². The third-order valence-corrected chi connectivity index (χ3v) is 15.0. The van der Waals surface area contributed by atoms with E-state index in [1.54, 1.807) is 4.90 Å². The van der Waals surface area contributed by atoms with E-state index < -0.39 is 14.4 Å². The molecule has 6 rings (SSSR count). The van der Waals surface area contributed by atoms with E-state index in [1.165, 1.54) is 16.5 Å². The summed E-state index contributed by atoms with van der Waals surface area (Å²) in [6.45, 7) is 23.3. The van der Waals surface area contributed by atoms with Crippen molar-refractivity contribution in [2.75, 3.05) is 55.7 Å². The highest BCUT2D eigenvalue weighted by Gasteiger charge is 2.38. The fourth-order valence-electron chi connectivity index (χ4n) is 6.52. The fourth-order valence-corrected chi connectivity index (χ4v) is 7.61. The molecule has 2 aliphatic heterocycles. The molecule has 11 heteroatoms. The second-order valence-corrected chi connectivity index (χ2v) is 19.7. The van der Waals surface area contributed by atoms with Gasteiger partial charge in [-0.15, -0.1) is 0 Å². The number of aromatic nitrogens is 2. The molecule has 4 aromatic rings. The zero-order chi connectivity index (χ0) is 36.0. The molecule has 10 nitrogen and oxygen atoms in total. The second kappa shape index (κ2) is 15.7. The first kappa shape index (κ1) is 36.1. The summed E-state index contributed by atoms with van der Waals surface area (Å²) in [6.07, 6.45) is 1.11. The number of carbonyl (C=O) groups is 1. The van der Waals surface area contributed by atoms with E-state index in [0.717, 1.165) is 42.0 Å². The average molecular weight is 707 g/mol. The Morgan fingerprint density at radius 1 is 0.941 bits per heavy atom. The maximum Gasteiger partial charge on any atom is 0.410 e. The van der Waals surface area contributed by atoms with Crippen LogP contribution in [-0.4, -0.2) is 81.3 Å². The molecule has 0 saturated carbocycles. The summed E-state index contributed by atoms with van der Waals surface area (Å²) in [7, 11) is -1.85. The van der Waals surface area contributed by atoms with Gasteiger partial charge in [-0.2, -0.15) is 9.97 Å². The quantitative estimate of drug-likeness (QED) is 0.0891. The van der Waals surface area contributed by atoms with Crippen molar-refractivity contribution in [2.24, 2.45) is 0 Å². The van der Waals surface area contributed by atoms with Crippen LogP contribution in [0.2, 0.25) is 18.1 Å². The lowest BCUT2D eigenvalue weighted by molar-refractivity contribution is 0.0788. The number of amides is 1. The summed E-state index contributed by atoms with van der Waals surface area (Å²) < 4.78 is 18.3. The number of benzene rings is 3. The normalized spacial score (nSPS) is 16.5. The number of carbonyl (C=O) groups excluding carboxylic acids is 1. The highest BCUT2D eigenvalue weighted by atomic mass is 28.4. The van der Waals surface area contributed by atoms with Gasteiger partial charge in [-0.25, -0.2) is 11.4 Å². The van der Waals surface area contributed by atoms with E-state index in [-0.39, 0.29) is 24.2 Å².